The van der Waals surface area contributed by atoms with Crippen molar-refractivity contribution in [2.75, 3.05) is 25.7 Å². The van der Waals surface area contributed by atoms with Crippen LogP contribution in [0.3, 0.4) is 0 Å². The number of methoxy groups -OCH3 is 2. The van der Waals surface area contributed by atoms with Crippen LogP contribution in [-0.2, 0) is 13.0 Å². The Morgan fingerprint density at radius 3 is 2.50 bits per heavy atom. The predicted molar refractivity (Wildman–Crippen MR) is 154 cm³/mol. The number of anilines is 2. The summed E-state index contributed by atoms with van der Waals surface area (Å²) in [7, 11) is 3.09. The number of aromatic nitrogens is 3. The maximum Gasteiger partial charge on any atom is 0.222 e. The third-order valence-corrected chi connectivity index (χ3v) is 6.48. The zero-order valence-corrected chi connectivity index (χ0v) is 21.9. The third kappa shape index (κ3) is 5.08. The van der Waals surface area contributed by atoms with E-state index in [1.54, 1.807) is 31.0 Å². The SMILES string of the molecule is COc1cc(Cc2cnc(N)nc2N)cc(C#Cc2ccc3c(c2)c(N=O)c(O)n3Cc2ccccc2)c1OC. The molecule has 10 heteroatoms. The Hall–Kier alpha value is -5.56. The van der Waals surface area contributed by atoms with E-state index < -0.39 is 0 Å². The summed E-state index contributed by atoms with van der Waals surface area (Å²) < 4.78 is 12.8. The van der Waals surface area contributed by atoms with E-state index in [1.165, 1.54) is 0 Å². The van der Waals surface area contributed by atoms with Gasteiger partial charge < -0.3 is 30.6 Å². The fourth-order valence-corrected chi connectivity index (χ4v) is 4.56. The molecule has 0 bridgehead atoms. The number of nitrogens with zero attached hydrogens (tertiary/aromatic N) is 4. The summed E-state index contributed by atoms with van der Waals surface area (Å²) >= 11 is 0. The molecule has 40 heavy (non-hydrogen) atoms. The molecular formula is C30H26N6O4. The number of rotatable bonds is 7. The summed E-state index contributed by atoms with van der Waals surface area (Å²) in [5.74, 6) is 7.48. The Morgan fingerprint density at radius 2 is 1.80 bits per heavy atom. The molecule has 0 saturated heterocycles. The van der Waals surface area contributed by atoms with Gasteiger partial charge in [0, 0.05) is 29.1 Å². The van der Waals surface area contributed by atoms with Gasteiger partial charge in [0.2, 0.25) is 11.8 Å². The van der Waals surface area contributed by atoms with E-state index in [0.717, 1.165) is 11.1 Å². The average Bonchev–Trinajstić information content (AvgIpc) is 3.22. The van der Waals surface area contributed by atoms with Crippen LogP contribution in [0.2, 0.25) is 0 Å². The molecule has 2 aromatic heterocycles. The van der Waals surface area contributed by atoms with Crippen molar-refractivity contribution in [3.63, 3.8) is 0 Å². The van der Waals surface area contributed by atoms with Gasteiger partial charge in [-0.1, -0.05) is 42.2 Å². The second-order valence-corrected chi connectivity index (χ2v) is 9.01. The van der Waals surface area contributed by atoms with E-state index in [9.17, 15) is 10.0 Å². The van der Waals surface area contributed by atoms with Crippen LogP contribution in [0.1, 0.15) is 27.8 Å². The van der Waals surface area contributed by atoms with Crippen molar-refractivity contribution in [1.82, 2.24) is 14.5 Å². The molecule has 0 saturated carbocycles. The highest BCUT2D eigenvalue weighted by Crippen LogP contribution is 2.39. The first-order valence-corrected chi connectivity index (χ1v) is 12.3. The van der Waals surface area contributed by atoms with Crippen LogP contribution >= 0.6 is 0 Å². The van der Waals surface area contributed by atoms with Crippen LogP contribution in [-0.4, -0.2) is 33.9 Å². The zero-order valence-electron chi connectivity index (χ0n) is 21.9. The Bertz CT molecular complexity index is 1790. The minimum atomic E-state index is -0.191. The lowest BCUT2D eigenvalue weighted by Crippen LogP contribution is -2.04. The molecule has 0 fully saturated rings. The van der Waals surface area contributed by atoms with Gasteiger partial charge >= 0.3 is 0 Å². The second kappa shape index (κ2) is 11.0. The number of hydrogen-bond acceptors (Lipinski definition) is 9. The topological polar surface area (TPSA) is 151 Å². The first-order valence-electron chi connectivity index (χ1n) is 12.3. The fourth-order valence-electron chi connectivity index (χ4n) is 4.56. The molecule has 0 atom stereocenters. The number of aromatic hydroxyl groups is 1. The summed E-state index contributed by atoms with van der Waals surface area (Å²) in [6, 6.07) is 18.7. The van der Waals surface area contributed by atoms with Gasteiger partial charge in [0.1, 0.15) is 5.82 Å². The number of ether oxygens (including phenoxy) is 2. The molecule has 5 rings (SSSR count). The van der Waals surface area contributed by atoms with Gasteiger partial charge in [-0.05, 0) is 46.6 Å². The largest absolute Gasteiger partial charge is 0.493 e. The second-order valence-electron chi connectivity index (χ2n) is 9.01. The summed E-state index contributed by atoms with van der Waals surface area (Å²) in [5, 5.41) is 14.4. The third-order valence-electron chi connectivity index (χ3n) is 6.48. The predicted octanol–water partition coefficient (Wildman–Crippen LogP) is 4.76. The molecule has 0 unspecified atom stereocenters. The van der Waals surface area contributed by atoms with Gasteiger partial charge in [0.15, 0.2) is 17.2 Å². The number of fused-ring (bicyclic) bond motifs is 1. The molecule has 0 amide bonds. The van der Waals surface area contributed by atoms with Crippen LogP contribution in [0, 0.1) is 16.7 Å². The van der Waals surface area contributed by atoms with Gasteiger partial charge in [0.05, 0.1) is 31.8 Å². The first kappa shape index (κ1) is 26.1. The van der Waals surface area contributed by atoms with Crippen molar-refractivity contribution in [1.29, 1.82) is 0 Å². The lowest BCUT2D eigenvalue weighted by atomic mass is 10.0. The van der Waals surface area contributed by atoms with Crippen LogP contribution in [0.15, 0.2) is 72.0 Å². The molecule has 10 nitrogen and oxygen atoms in total. The number of nitroso groups, excluding NO2 is 1. The average molecular weight is 535 g/mol. The minimum absolute atomic E-state index is 0.0286. The van der Waals surface area contributed by atoms with Crippen LogP contribution in [0.25, 0.3) is 10.9 Å². The lowest BCUT2D eigenvalue weighted by Gasteiger charge is -2.13. The number of nitrogens with two attached hydrogens (primary N) is 2. The highest BCUT2D eigenvalue weighted by molar-refractivity contribution is 5.96. The Balaban J connectivity index is 1.54. The lowest BCUT2D eigenvalue weighted by molar-refractivity contribution is 0.354. The molecule has 2 heterocycles. The van der Waals surface area contributed by atoms with E-state index in [1.807, 2.05) is 54.6 Å². The van der Waals surface area contributed by atoms with Crippen LogP contribution < -0.4 is 20.9 Å². The van der Waals surface area contributed by atoms with E-state index in [2.05, 4.69) is 27.0 Å². The normalized spacial score (nSPS) is 10.7. The Kier molecular flexibility index (Phi) is 7.20. The van der Waals surface area contributed by atoms with Crippen molar-refractivity contribution < 1.29 is 14.6 Å². The van der Waals surface area contributed by atoms with Crippen molar-refractivity contribution in [3.05, 3.63) is 99.6 Å². The minimum Gasteiger partial charge on any atom is -0.493 e. The van der Waals surface area contributed by atoms with Crippen molar-refractivity contribution in [3.8, 4) is 29.2 Å². The van der Waals surface area contributed by atoms with Gasteiger partial charge in [-0.3, -0.25) is 0 Å². The Labute approximate surface area is 230 Å². The summed E-state index contributed by atoms with van der Waals surface area (Å²) in [5.41, 5.74) is 16.0. The van der Waals surface area contributed by atoms with Crippen molar-refractivity contribution in [2.45, 2.75) is 13.0 Å². The fraction of sp³-hybridized carbons (Fsp3) is 0.133. The number of nitrogen functional groups attached to an aromatic ring is 2. The summed E-state index contributed by atoms with van der Waals surface area (Å²) in [6.07, 6.45) is 2.02. The molecule has 3 aromatic carbocycles. The molecule has 0 aliphatic rings. The van der Waals surface area contributed by atoms with Crippen LogP contribution in [0.4, 0.5) is 17.5 Å². The standard InChI is InChI=1S/C30H26N6O4/c1-39-25-15-20(13-22-16-33-30(32)34-28(22)31)12-21(27(25)40-2)10-8-18-9-11-24-23(14-18)26(35-38)29(37)36(24)17-19-6-4-3-5-7-19/h3-7,9,11-12,14-16,37H,13,17H2,1-2H3,(H4,31,32,33,34). The monoisotopic (exact) mass is 534 g/mol. The van der Waals surface area contributed by atoms with Crippen molar-refractivity contribution in [2.24, 2.45) is 5.18 Å². The maximum absolute atomic E-state index is 11.7. The molecule has 0 radical (unpaired) electrons. The van der Waals surface area contributed by atoms with Gasteiger partial charge in [-0.25, -0.2) is 4.98 Å². The van der Waals surface area contributed by atoms with Crippen LogP contribution in [0.5, 0.6) is 17.4 Å². The van der Waals surface area contributed by atoms with E-state index in [0.29, 0.717) is 57.9 Å². The summed E-state index contributed by atoms with van der Waals surface area (Å²) in [6.45, 7) is 0.386. The van der Waals surface area contributed by atoms with Gasteiger partial charge in [0.25, 0.3) is 0 Å². The molecule has 5 N–H and O–H groups in total. The number of benzene rings is 3. The highest BCUT2D eigenvalue weighted by Gasteiger charge is 2.18. The quantitative estimate of drug-likeness (QED) is 0.200. The number of hydrogen-bond donors (Lipinski definition) is 3. The molecular weight excluding hydrogens is 508 g/mol. The van der Waals surface area contributed by atoms with Gasteiger partial charge in [-0.2, -0.15) is 4.98 Å². The summed E-state index contributed by atoms with van der Waals surface area (Å²) in [4.78, 5) is 19.7. The van der Waals surface area contributed by atoms with E-state index >= 15 is 0 Å². The molecule has 0 aliphatic heterocycles. The van der Waals surface area contributed by atoms with E-state index in [4.69, 9.17) is 20.9 Å². The zero-order chi connectivity index (χ0) is 28.2. The molecule has 5 aromatic rings. The molecule has 200 valence electrons. The van der Waals surface area contributed by atoms with Crippen molar-refractivity contribution >= 4 is 28.4 Å². The maximum atomic E-state index is 11.7. The molecule has 0 aliphatic carbocycles. The first-order chi connectivity index (χ1) is 19.4. The smallest absolute Gasteiger partial charge is 0.222 e. The highest BCUT2D eigenvalue weighted by atomic mass is 16.5. The molecule has 0 spiro atoms. The van der Waals surface area contributed by atoms with E-state index in [-0.39, 0.29) is 17.5 Å². The Morgan fingerprint density at radius 1 is 1.00 bits per heavy atom. The van der Waals surface area contributed by atoms with Gasteiger partial charge in [-0.15, -0.1) is 4.91 Å².